The van der Waals surface area contributed by atoms with Crippen LogP contribution < -0.4 is 0 Å². The lowest BCUT2D eigenvalue weighted by molar-refractivity contribution is -0.514. The molecule has 0 radical (unpaired) electrons. The summed E-state index contributed by atoms with van der Waals surface area (Å²) in [5, 5.41) is 11.6. The van der Waals surface area contributed by atoms with Gasteiger partial charge in [-0.3, -0.25) is 14.9 Å². The molecule has 2 unspecified atom stereocenters. The summed E-state index contributed by atoms with van der Waals surface area (Å²) >= 11 is 2.13. The number of rotatable bonds is 8. The van der Waals surface area contributed by atoms with Crippen LogP contribution in [-0.4, -0.2) is 29.3 Å². The number of halogens is 1. The first-order valence-corrected chi connectivity index (χ1v) is 9.15. The van der Waals surface area contributed by atoms with Gasteiger partial charge in [-0.1, -0.05) is 42.5 Å². The smallest absolute Gasteiger partial charge is 0.382 e. The van der Waals surface area contributed by atoms with E-state index in [1.807, 2.05) is 0 Å². The number of benzene rings is 2. The third kappa shape index (κ3) is 5.10. The van der Waals surface area contributed by atoms with Crippen LogP contribution in [0.25, 0.3) is 0 Å². The number of esters is 1. The average Bonchev–Trinajstić information content (AvgIpc) is 2.62. The van der Waals surface area contributed by atoms with Crippen LogP contribution in [0.15, 0.2) is 54.6 Å². The number of carbonyl (C=O) groups is 2. The van der Waals surface area contributed by atoms with Crippen LogP contribution in [0, 0.1) is 13.7 Å². The van der Waals surface area contributed by atoms with Gasteiger partial charge in [0.15, 0.2) is 5.78 Å². The predicted molar refractivity (Wildman–Crippen MR) is 105 cm³/mol. The molecule has 2 atom stereocenters. The molecule has 0 saturated carbocycles. The summed E-state index contributed by atoms with van der Waals surface area (Å²) in [6.07, 6.45) is -0.158. The van der Waals surface area contributed by atoms with Crippen LogP contribution >= 0.6 is 22.6 Å². The maximum atomic E-state index is 12.7. The van der Waals surface area contributed by atoms with Crippen LogP contribution in [0.2, 0.25) is 0 Å². The SMILES string of the molecule is CCOC(=O)C(C(CC(=O)c1ccc(I)cc1)c1ccccc1)[N+](=O)[O-]. The molecular weight excluding hydrogens is 449 g/mol. The highest BCUT2D eigenvalue weighted by molar-refractivity contribution is 14.1. The van der Waals surface area contributed by atoms with Gasteiger partial charge in [-0.15, -0.1) is 0 Å². The highest BCUT2D eigenvalue weighted by atomic mass is 127. The Balaban J connectivity index is 2.37. The van der Waals surface area contributed by atoms with Gasteiger partial charge in [-0.05, 0) is 47.2 Å². The molecule has 2 aromatic rings. The molecule has 0 aliphatic rings. The molecule has 0 saturated heterocycles. The summed E-state index contributed by atoms with van der Waals surface area (Å²) in [5.41, 5.74) is 1.01. The lowest BCUT2D eigenvalue weighted by atomic mass is 9.86. The molecule has 136 valence electrons. The Labute approximate surface area is 164 Å². The van der Waals surface area contributed by atoms with Gasteiger partial charge < -0.3 is 4.74 Å². The fraction of sp³-hybridized carbons (Fsp3) is 0.263. The molecule has 7 heteroatoms. The number of hydrogen-bond acceptors (Lipinski definition) is 5. The topological polar surface area (TPSA) is 86.5 Å². The lowest BCUT2D eigenvalue weighted by Gasteiger charge is -2.19. The van der Waals surface area contributed by atoms with E-state index < -0.39 is 22.9 Å². The first-order chi connectivity index (χ1) is 12.4. The summed E-state index contributed by atoms with van der Waals surface area (Å²) in [4.78, 5) is 35.8. The average molecular weight is 467 g/mol. The van der Waals surface area contributed by atoms with E-state index in [0.717, 1.165) is 3.57 Å². The van der Waals surface area contributed by atoms with Gasteiger partial charge in [-0.25, -0.2) is 4.79 Å². The molecule has 0 aliphatic carbocycles. The summed E-state index contributed by atoms with van der Waals surface area (Å²) in [6.45, 7) is 1.62. The van der Waals surface area contributed by atoms with Gasteiger partial charge >= 0.3 is 12.0 Å². The van der Waals surface area contributed by atoms with E-state index in [4.69, 9.17) is 4.74 Å². The summed E-state index contributed by atoms with van der Waals surface area (Å²) in [7, 11) is 0. The van der Waals surface area contributed by atoms with E-state index in [2.05, 4.69) is 22.6 Å². The normalized spacial score (nSPS) is 12.8. The van der Waals surface area contributed by atoms with E-state index >= 15 is 0 Å². The lowest BCUT2D eigenvalue weighted by Crippen LogP contribution is -2.38. The third-order valence-corrected chi connectivity index (χ3v) is 4.65. The Hall–Kier alpha value is -2.29. The zero-order valence-electron chi connectivity index (χ0n) is 14.1. The van der Waals surface area contributed by atoms with Gasteiger partial charge in [0, 0.05) is 20.5 Å². The molecule has 0 aromatic heterocycles. The summed E-state index contributed by atoms with van der Waals surface area (Å²) in [5.74, 6) is -2.09. The molecule has 2 rings (SSSR count). The highest BCUT2D eigenvalue weighted by Gasteiger charge is 2.42. The molecule has 0 amide bonds. The van der Waals surface area contributed by atoms with Crippen molar-refractivity contribution in [1.82, 2.24) is 0 Å². The monoisotopic (exact) mass is 467 g/mol. The van der Waals surface area contributed by atoms with E-state index in [1.165, 1.54) is 0 Å². The molecule has 0 heterocycles. The quantitative estimate of drug-likeness (QED) is 0.194. The van der Waals surface area contributed by atoms with Gasteiger partial charge in [0.2, 0.25) is 0 Å². The molecule has 6 nitrogen and oxygen atoms in total. The van der Waals surface area contributed by atoms with Crippen LogP contribution in [0.5, 0.6) is 0 Å². The first kappa shape index (κ1) is 20.0. The van der Waals surface area contributed by atoms with Crippen molar-refractivity contribution in [3.8, 4) is 0 Å². The van der Waals surface area contributed by atoms with Crippen molar-refractivity contribution in [2.45, 2.75) is 25.3 Å². The Morgan fingerprint density at radius 1 is 1.12 bits per heavy atom. The number of hydrogen-bond donors (Lipinski definition) is 0. The van der Waals surface area contributed by atoms with Crippen molar-refractivity contribution in [2.75, 3.05) is 6.61 Å². The van der Waals surface area contributed by atoms with E-state index in [-0.39, 0.29) is 18.8 Å². The fourth-order valence-corrected chi connectivity index (χ4v) is 3.05. The number of carbonyl (C=O) groups excluding carboxylic acids is 2. The molecule has 0 fully saturated rings. The van der Waals surface area contributed by atoms with Crippen LogP contribution in [0.1, 0.15) is 35.2 Å². The van der Waals surface area contributed by atoms with Crippen molar-refractivity contribution in [1.29, 1.82) is 0 Å². The maximum absolute atomic E-state index is 12.7. The number of ketones is 1. The second-order valence-electron chi connectivity index (χ2n) is 5.63. The molecule has 0 aliphatic heterocycles. The van der Waals surface area contributed by atoms with Gasteiger partial charge in [0.25, 0.3) is 0 Å². The summed E-state index contributed by atoms with van der Waals surface area (Å²) in [6, 6.07) is 13.9. The molecule has 26 heavy (non-hydrogen) atoms. The van der Waals surface area contributed by atoms with Crippen LogP contribution in [0.4, 0.5) is 0 Å². The van der Waals surface area contributed by atoms with Crippen LogP contribution in [-0.2, 0) is 9.53 Å². The van der Waals surface area contributed by atoms with E-state index in [0.29, 0.717) is 11.1 Å². The maximum Gasteiger partial charge on any atom is 0.382 e. The van der Waals surface area contributed by atoms with Crippen molar-refractivity contribution in [2.24, 2.45) is 0 Å². The van der Waals surface area contributed by atoms with Crippen molar-refractivity contribution in [3.63, 3.8) is 0 Å². The predicted octanol–water partition coefficient (Wildman–Crippen LogP) is 3.86. The van der Waals surface area contributed by atoms with Crippen molar-refractivity contribution < 1.29 is 19.2 Å². The standard InChI is InChI=1S/C19H18INO5/c1-2-26-19(23)18(21(24)25)16(13-6-4-3-5-7-13)12-17(22)14-8-10-15(20)11-9-14/h3-11,16,18H,2,12H2,1H3. The van der Waals surface area contributed by atoms with E-state index in [9.17, 15) is 19.7 Å². The minimum atomic E-state index is -1.63. The Bertz CT molecular complexity index is 776. The van der Waals surface area contributed by atoms with Gasteiger partial charge in [-0.2, -0.15) is 0 Å². The first-order valence-electron chi connectivity index (χ1n) is 8.08. The highest BCUT2D eigenvalue weighted by Crippen LogP contribution is 2.28. The molecule has 0 N–H and O–H groups in total. The number of nitro groups is 1. The Kier molecular flexibility index (Phi) is 7.26. The number of ether oxygens (including phenoxy) is 1. The van der Waals surface area contributed by atoms with Gasteiger partial charge in [0.1, 0.15) is 0 Å². The summed E-state index contributed by atoms with van der Waals surface area (Å²) < 4.78 is 5.86. The fourth-order valence-electron chi connectivity index (χ4n) is 2.69. The minimum Gasteiger partial charge on any atom is -0.461 e. The molecule has 0 bridgehead atoms. The molecule has 0 spiro atoms. The molecule has 2 aromatic carbocycles. The van der Waals surface area contributed by atoms with Crippen molar-refractivity contribution >= 4 is 34.3 Å². The van der Waals surface area contributed by atoms with Gasteiger partial charge in [0.05, 0.1) is 12.5 Å². The van der Waals surface area contributed by atoms with Crippen molar-refractivity contribution in [3.05, 3.63) is 79.4 Å². The Morgan fingerprint density at radius 3 is 2.27 bits per heavy atom. The largest absolute Gasteiger partial charge is 0.461 e. The zero-order valence-corrected chi connectivity index (χ0v) is 16.3. The number of nitrogens with zero attached hydrogens (tertiary/aromatic N) is 1. The van der Waals surface area contributed by atoms with E-state index in [1.54, 1.807) is 61.5 Å². The molecular formula is C19H18INO5. The third-order valence-electron chi connectivity index (χ3n) is 3.94. The zero-order chi connectivity index (χ0) is 19.1. The second kappa shape index (κ2) is 9.42. The minimum absolute atomic E-state index is 0.0375. The number of Topliss-reactive ketones (excluding diaryl/α,β-unsaturated/α-hetero) is 1. The van der Waals surface area contributed by atoms with Crippen LogP contribution in [0.3, 0.4) is 0 Å². The Morgan fingerprint density at radius 2 is 1.73 bits per heavy atom. The second-order valence-corrected chi connectivity index (χ2v) is 6.88.